The number of fused-ring (bicyclic) bond motifs is 1. The summed E-state index contributed by atoms with van der Waals surface area (Å²) in [6.45, 7) is 4.25. The van der Waals surface area contributed by atoms with Crippen molar-refractivity contribution in [2.24, 2.45) is 0 Å². The Morgan fingerprint density at radius 1 is 1.04 bits per heavy atom. The van der Waals surface area contributed by atoms with Crippen LogP contribution in [0.3, 0.4) is 0 Å². The number of carbonyl (C=O) groups is 2. The highest BCUT2D eigenvalue weighted by molar-refractivity contribution is 7.21. The van der Waals surface area contributed by atoms with E-state index in [1.54, 1.807) is 12.1 Å². The zero-order chi connectivity index (χ0) is 19.4. The van der Waals surface area contributed by atoms with Gasteiger partial charge in [0, 0.05) is 21.5 Å². The average molecular weight is 384 g/mol. The second-order valence-corrected chi connectivity index (χ2v) is 6.89. The van der Waals surface area contributed by atoms with E-state index in [1.165, 1.54) is 18.4 Å². The van der Waals surface area contributed by atoms with Gasteiger partial charge in [0.05, 0.1) is 13.7 Å². The third-order valence-corrected chi connectivity index (χ3v) is 5.00. The first-order chi connectivity index (χ1) is 13.0. The van der Waals surface area contributed by atoms with Gasteiger partial charge in [-0.05, 0) is 44.2 Å². The lowest BCUT2D eigenvalue weighted by molar-refractivity contribution is 0.0602. The summed E-state index contributed by atoms with van der Waals surface area (Å²) in [5, 5.41) is 6.35. The molecule has 0 aliphatic rings. The Morgan fingerprint density at radius 3 is 2.37 bits per heavy atom. The second-order valence-electron chi connectivity index (χ2n) is 5.84. The van der Waals surface area contributed by atoms with Gasteiger partial charge in [-0.3, -0.25) is 0 Å². The Morgan fingerprint density at radius 2 is 1.70 bits per heavy atom. The van der Waals surface area contributed by atoms with Crippen LogP contribution in [0.4, 0.5) is 16.2 Å². The minimum atomic E-state index is -0.439. The Bertz CT molecular complexity index is 980. The number of hydrogen-bond donors (Lipinski definition) is 2. The number of carbonyl (C=O) groups excluding carboxylic acids is 2. The minimum Gasteiger partial charge on any atom is -0.491 e. The highest BCUT2D eigenvalue weighted by Crippen LogP contribution is 2.39. The molecule has 2 aromatic carbocycles. The van der Waals surface area contributed by atoms with Gasteiger partial charge in [0.25, 0.3) is 0 Å². The number of ether oxygens (including phenoxy) is 2. The van der Waals surface area contributed by atoms with Crippen LogP contribution in [-0.2, 0) is 4.74 Å². The third-order valence-electron chi connectivity index (χ3n) is 3.87. The van der Waals surface area contributed by atoms with E-state index >= 15 is 0 Å². The molecule has 0 bridgehead atoms. The lowest BCUT2D eigenvalue weighted by Crippen LogP contribution is -2.19. The van der Waals surface area contributed by atoms with Crippen molar-refractivity contribution in [3.05, 3.63) is 52.9 Å². The van der Waals surface area contributed by atoms with Gasteiger partial charge >= 0.3 is 12.0 Å². The van der Waals surface area contributed by atoms with Crippen molar-refractivity contribution in [2.45, 2.75) is 13.8 Å². The lowest BCUT2D eigenvalue weighted by Gasteiger charge is -2.09. The summed E-state index contributed by atoms with van der Waals surface area (Å²) >= 11 is 1.30. The predicted molar refractivity (Wildman–Crippen MR) is 108 cm³/mol. The highest BCUT2D eigenvalue weighted by atomic mass is 32.1. The van der Waals surface area contributed by atoms with E-state index in [-0.39, 0.29) is 6.03 Å². The fourth-order valence-corrected chi connectivity index (χ4v) is 3.64. The summed E-state index contributed by atoms with van der Waals surface area (Å²) in [6.07, 6.45) is 0. The van der Waals surface area contributed by atoms with Gasteiger partial charge in [-0.1, -0.05) is 17.7 Å². The molecule has 0 radical (unpaired) electrons. The van der Waals surface area contributed by atoms with Crippen LogP contribution in [-0.4, -0.2) is 25.7 Å². The van der Waals surface area contributed by atoms with E-state index in [9.17, 15) is 9.59 Å². The summed E-state index contributed by atoms with van der Waals surface area (Å²) in [5.74, 6) is 0.0400. The Balaban J connectivity index is 1.84. The molecule has 7 heteroatoms. The molecule has 6 nitrogen and oxygen atoms in total. The SMILES string of the molecule is CCOc1c(C(=O)OC)sc2ccc(NC(=O)Nc3ccc(C)cc3)cc12. The molecular formula is C20H20N2O4S. The van der Waals surface area contributed by atoms with Crippen LogP contribution in [0.2, 0.25) is 0 Å². The molecule has 0 fully saturated rings. The molecule has 0 spiro atoms. The number of urea groups is 1. The molecule has 27 heavy (non-hydrogen) atoms. The van der Waals surface area contributed by atoms with E-state index in [0.717, 1.165) is 15.6 Å². The van der Waals surface area contributed by atoms with Crippen LogP contribution in [0.15, 0.2) is 42.5 Å². The van der Waals surface area contributed by atoms with Gasteiger partial charge in [-0.25, -0.2) is 9.59 Å². The second kappa shape index (κ2) is 8.09. The van der Waals surface area contributed by atoms with Crippen LogP contribution in [0.1, 0.15) is 22.2 Å². The van der Waals surface area contributed by atoms with Crippen molar-refractivity contribution < 1.29 is 19.1 Å². The van der Waals surface area contributed by atoms with E-state index in [4.69, 9.17) is 9.47 Å². The first kappa shape index (κ1) is 18.7. The van der Waals surface area contributed by atoms with Gasteiger partial charge in [-0.2, -0.15) is 0 Å². The number of thiophene rings is 1. The van der Waals surface area contributed by atoms with Gasteiger partial charge in [0.15, 0.2) is 10.6 Å². The quantitative estimate of drug-likeness (QED) is 0.604. The number of rotatable bonds is 5. The number of esters is 1. The molecule has 0 unspecified atom stereocenters. The normalized spacial score (nSPS) is 10.5. The van der Waals surface area contributed by atoms with Gasteiger partial charge in [0.1, 0.15) is 0 Å². The van der Waals surface area contributed by atoms with Crippen LogP contribution >= 0.6 is 11.3 Å². The number of anilines is 2. The average Bonchev–Trinajstić information content (AvgIpc) is 3.01. The number of benzene rings is 2. The number of methoxy groups -OCH3 is 1. The molecule has 1 aromatic heterocycles. The molecule has 140 valence electrons. The number of hydrogen-bond acceptors (Lipinski definition) is 5. The maximum Gasteiger partial charge on any atom is 0.351 e. The molecule has 3 rings (SSSR count). The third kappa shape index (κ3) is 4.20. The van der Waals surface area contributed by atoms with Gasteiger partial charge in [0.2, 0.25) is 0 Å². The minimum absolute atomic E-state index is 0.348. The molecule has 2 amide bonds. The van der Waals surface area contributed by atoms with Crippen molar-refractivity contribution in [3.63, 3.8) is 0 Å². The summed E-state index contributed by atoms with van der Waals surface area (Å²) in [7, 11) is 1.34. The maximum absolute atomic E-state index is 12.2. The Hall–Kier alpha value is -3.06. The van der Waals surface area contributed by atoms with E-state index in [0.29, 0.717) is 28.6 Å². The first-order valence-electron chi connectivity index (χ1n) is 8.44. The molecule has 0 aliphatic carbocycles. The van der Waals surface area contributed by atoms with Gasteiger partial charge < -0.3 is 20.1 Å². The number of aryl methyl sites for hydroxylation is 1. The fourth-order valence-electron chi connectivity index (χ4n) is 2.60. The standard InChI is InChI=1S/C20H20N2O4S/c1-4-26-17-15-11-14(9-10-16(15)27-18(17)19(23)25-3)22-20(24)21-13-7-5-12(2)6-8-13/h5-11H,4H2,1-3H3,(H2,21,22,24). The van der Waals surface area contributed by atoms with Crippen LogP contribution in [0.25, 0.3) is 10.1 Å². The highest BCUT2D eigenvalue weighted by Gasteiger charge is 2.20. The Kier molecular flexibility index (Phi) is 5.61. The predicted octanol–water partition coefficient (Wildman–Crippen LogP) is 5.04. The van der Waals surface area contributed by atoms with Crippen LogP contribution in [0, 0.1) is 6.92 Å². The zero-order valence-corrected chi connectivity index (χ0v) is 16.1. The van der Waals surface area contributed by atoms with E-state index in [2.05, 4.69) is 10.6 Å². The Labute approximate surface area is 161 Å². The van der Waals surface area contributed by atoms with Crippen molar-refractivity contribution >= 4 is 44.8 Å². The van der Waals surface area contributed by atoms with Crippen molar-refractivity contribution in [1.82, 2.24) is 0 Å². The molecule has 3 aromatic rings. The van der Waals surface area contributed by atoms with Crippen molar-refractivity contribution in [2.75, 3.05) is 24.4 Å². The van der Waals surface area contributed by atoms with Crippen molar-refractivity contribution in [1.29, 1.82) is 0 Å². The summed E-state index contributed by atoms with van der Waals surface area (Å²) < 4.78 is 11.4. The molecule has 0 atom stereocenters. The molecule has 0 saturated heterocycles. The van der Waals surface area contributed by atoms with E-state index in [1.807, 2.05) is 44.2 Å². The zero-order valence-electron chi connectivity index (χ0n) is 15.3. The fraction of sp³-hybridized carbons (Fsp3) is 0.200. The smallest absolute Gasteiger partial charge is 0.351 e. The molecule has 1 heterocycles. The summed E-state index contributed by atoms with van der Waals surface area (Å²) in [5.41, 5.74) is 2.42. The maximum atomic E-state index is 12.2. The lowest BCUT2D eigenvalue weighted by atomic mass is 10.2. The largest absolute Gasteiger partial charge is 0.491 e. The number of nitrogens with one attached hydrogen (secondary N) is 2. The molecular weight excluding hydrogens is 364 g/mol. The van der Waals surface area contributed by atoms with E-state index < -0.39 is 5.97 Å². The molecule has 0 saturated carbocycles. The van der Waals surface area contributed by atoms with Crippen molar-refractivity contribution in [3.8, 4) is 5.75 Å². The molecule has 2 N–H and O–H groups in total. The monoisotopic (exact) mass is 384 g/mol. The number of amides is 2. The summed E-state index contributed by atoms with van der Waals surface area (Å²) in [4.78, 5) is 24.7. The molecule has 0 aliphatic heterocycles. The summed E-state index contributed by atoms with van der Waals surface area (Å²) in [6, 6.07) is 12.6. The topological polar surface area (TPSA) is 76.7 Å². The first-order valence-corrected chi connectivity index (χ1v) is 9.25. The van der Waals surface area contributed by atoms with Crippen LogP contribution in [0.5, 0.6) is 5.75 Å². The van der Waals surface area contributed by atoms with Gasteiger partial charge in [-0.15, -0.1) is 11.3 Å². The van der Waals surface area contributed by atoms with Crippen LogP contribution < -0.4 is 15.4 Å².